The molecule has 1 unspecified atom stereocenters. The number of β-amino-alcohol motifs (C(OH)–C–C–N with tert-alkyl or cyclic N) is 1. The molecule has 12 nitrogen and oxygen atoms in total. The molecule has 1 aliphatic heterocycles. The average Bonchev–Trinajstić information content (AvgIpc) is 3.68. The van der Waals surface area contributed by atoms with Crippen LogP contribution in [0.15, 0.2) is 70.7 Å². The van der Waals surface area contributed by atoms with E-state index in [0.29, 0.717) is 50.7 Å². The molecule has 1 N–H and O–H groups in total. The number of rotatable bonds is 9. The number of allylic oxidation sites excluding steroid dienone is 2. The minimum atomic E-state index is -0.730. The van der Waals surface area contributed by atoms with Crippen molar-refractivity contribution in [1.82, 2.24) is 32.9 Å². The first-order valence-electron chi connectivity index (χ1n) is 15.8. The second-order valence-electron chi connectivity index (χ2n) is 11.7. The predicted octanol–water partition coefficient (Wildman–Crippen LogP) is 2.69. The summed E-state index contributed by atoms with van der Waals surface area (Å²) < 4.78 is 15.4. The third-order valence-corrected chi connectivity index (χ3v) is 8.75. The first-order chi connectivity index (χ1) is 22.3. The van der Waals surface area contributed by atoms with E-state index in [1.54, 1.807) is 17.8 Å². The second-order valence-corrected chi connectivity index (χ2v) is 11.7. The Morgan fingerprint density at radius 2 is 1.65 bits per heavy atom. The number of carbonyl (C=O) groups is 1. The molecule has 1 fully saturated rings. The first kappa shape index (κ1) is 31.5. The number of aliphatic hydroxyl groups excluding tert-OH is 1. The van der Waals surface area contributed by atoms with Gasteiger partial charge in [-0.25, -0.2) is 0 Å². The summed E-state index contributed by atoms with van der Waals surface area (Å²) in [6.07, 6.45) is 3.47. The lowest BCUT2D eigenvalue weighted by Gasteiger charge is -2.28. The minimum absolute atomic E-state index is 0.359. The monoisotopic (exact) mass is 625 g/mol. The van der Waals surface area contributed by atoms with Crippen molar-refractivity contribution in [3.8, 4) is 0 Å². The molecule has 2 aromatic carbocycles. The standard InChI is InChI=1S/C34H43N9O3/c1-6-43-29(22-24(2)37-43)32(45)36-34-39(5)28-15-11-12-25(30(44)23-40-18-20-46-21-19-40)31(28)42(34)17-10-9-16-41-27-14-8-7-13-26(27)38(4)33(41)35-3/h7-15,22,30,44H,6,16-21,23H2,1-5H3/b10-9+,35-33+,36-34+. The number of hydrogen-bond acceptors (Lipinski definition) is 6. The summed E-state index contributed by atoms with van der Waals surface area (Å²) in [4.78, 5) is 25.1. The molecule has 6 rings (SSSR count). The number of morpholine rings is 1. The largest absolute Gasteiger partial charge is 0.387 e. The zero-order valence-electron chi connectivity index (χ0n) is 27.3. The molecule has 0 bridgehead atoms. The maximum atomic E-state index is 13.6. The molecule has 242 valence electrons. The van der Waals surface area contributed by atoms with E-state index in [9.17, 15) is 9.90 Å². The Bertz CT molecular complexity index is 2050. The second kappa shape index (κ2) is 13.5. The van der Waals surface area contributed by atoms with Crippen molar-refractivity contribution in [3.63, 3.8) is 0 Å². The van der Waals surface area contributed by atoms with E-state index < -0.39 is 6.10 Å². The van der Waals surface area contributed by atoms with Crippen molar-refractivity contribution in [2.24, 2.45) is 24.1 Å². The SMILES string of the molecule is CCn1nc(C)cc1C(=O)/N=c1\n(C)c2cccc(C(O)CN3CCOCC3)c2n1C/C=C/Cn1/c(=N/C)n(C)c2ccccc21. The molecule has 46 heavy (non-hydrogen) atoms. The van der Waals surface area contributed by atoms with Crippen molar-refractivity contribution in [1.29, 1.82) is 0 Å². The molecule has 0 saturated carbocycles. The van der Waals surface area contributed by atoms with Crippen molar-refractivity contribution < 1.29 is 14.6 Å². The highest BCUT2D eigenvalue weighted by Gasteiger charge is 2.22. The van der Waals surface area contributed by atoms with Crippen LogP contribution in [0.1, 0.15) is 34.8 Å². The summed E-state index contributed by atoms with van der Waals surface area (Å²) in [5, 5.41) is 16.0. The lowest BCUT2D eigenvalue weighted by Crippen LogP contribution is -2.38. The molecule has 1 amide bonds. The fourth-order valence-electron chi connectivity index (χ4n) is 6.50. The average molecular weight is 626 g/mol. The number of ether oxygens (including phenoxy) is 1. The van der Waals surface area contributed by atoms with Crippen LogP contribution in [0.4, 0.5) is 0 Å². The molecule has 1 aliphatic rings. The van der Waals surface area contributed by atoms with Gasteiger partial charge in [-0.1, -0.05) is 36.4 Å². The third kappa shape index (κ3) is 5.91. The summed E-state index contributed by atoms with van der Waals surface area (Å²) in [5.74, 6) is -0.359. The molecular weight excluding hydrogens is 582 g/mol. The van der Waals surface area contributed by atoms with Gasteiger partial charge in [-0.15, -0.1) is 0 Å². The molecule has 1 saturated heterocycles. The maximum absolute atomic E-state index is 13.6. The fraction of sp³-hybridized carbons (Fsp3) is 0.412. The molecule has 0 radical (unpaired) electrons. The van der Waals surface area contributed by atoms with Crippen LogP contribution in [0.5, 0.6) is 0 Å². The van der Waals surface area contributed by atoms with Crippen LogP contribution in [-0.4, -0.2) is 83.9 Å². The van der Waals surface area contributed by atoms with Gasteiger partial charge < -0.3 is 28.1 Å². The van der Waals surface area contributed by atoms with Crippen LogP contribution in [-0.2, 0) is 38.5 Å². The van der Waals surface area contributed by atoms with Crippen LogP contribution < -0.4 is 11.2 Å². The summed E-state index contributed by atoms with van der Waals surface area (Å²) >= 11 is 0. The van der Waals surface area contributed by atoms with Gasteiger partial charge in [0.1, 0.15) is 5.69 Å². The van der Waals surface area contributed by atoms with E-state index >= 15 is 0 Å². The number of nitrogens with zero attached hydrogens (tertiary/aromatic N) is 9. The summed E-state index contributed by atoms with van der Waals surface area (Å²) in [5.41, 5.74) is 7.34. The highest BCUT2D eigenvalue weighted by Crippen LogP contribution is 2.25. The molecule has 5 aromatic rings. The molecule has 3 aromatic heterocycles. The highest BCUT2D eigenvalue weighted by molar-refractivity contribution is 5.93. The van der Waals surface area contributed by atoms with E-state index in [2.05, 4.69) is 53.4 Å². The Morgan fingerprint density at radius 3 is 2.37 bits per heavy atom. The van der Waals surface area contributed by atoms with Gasteiger partial charge in [0.15, 0.2) is 0 Å². The molecular formula is C34H43N9O3. The van der Waals surface area contributed by atoms with E-state index in [1.807, 2.05) is 67.4 Å². The number of amides is 1. The van der Waals surface area contributed by atoms with Crippen molar-refractivity contribution >= 4 is 28.0 Å². The van der Waals surface area contributed by atoms with Gasteiger partial charge in [-0.05, 0) is 38.1 Å². The van der Waals surface area contributed by atoms with E-state index in [1.165, 1.54) is 0 Å². The smallest absolute Gasteiger partial charge is 0.298 e. The number of imidazole rings is 2. The zero-order chi connectivity index (χ0) is 32.4. The van der Waals surface area contributed by atoms with Crippen LogP contribution in [0.2, 0.25) is 0 Å². The Hall–Kier alpha value is -4.52. The number of para-hydroxylation sites is 3. The fourth-order valence-corrected chi connectivity index (χ4v) is 6.50. The molecule has 1 atom stereocenters. The normalized spacial score (nSPS) is 16.0. The zero-order valence-corrected chi connectivity index (χ0v) is 27.3. The first-order valence-corrected chi connectivity index (χ1v) is 15.8. The molecule has 0 spiro atoms. The topological polar surface area (TPSA) is 112 Å². The van der Waals surface area contributed by atoms with Gasteiger partial charge in [0, 0.05) is 66.0 Å². The number of carbonyl (C=O) groups excluding carboxylic acids is 1. The number of aromatic nitrogens is 6. The number of fused-ring (bicyclic) bond motifs is 2. The Kier molecular flexibility index (Phi) is 9.20. The maximum Gasteiger partial charge on any atom is 0.298 e. The number of aryl methyl sites for hydroxylation is 4. The Morgan fingerprint density at radius 1 is 0.978 bits per heavy atom. The minimum Gasteiger partial charge on any atom is -0.387 e. The van der Waals surface area contributed by atoms with Crippen LogP contribution >= 0.6 is 0 Å². The lowest BCUT2D eigenvalue weighted by molar-refractivity contribution is 0.0145. The number of benzene rings is 2. The van der Waals surface area contributed by atoms with Gasteiger partial charge in [0.05, 0.1) is 47.1 Å². The number of aliphatic hydroxyl groups is 1. The Balaban J connectivity index is 1.43. The van der Waals surface area contributed by atoms with Gasteiger partial charge in [-0.3, -0.25) is 19.4 Å². The predicted molar refractivity (Wildman–Crippen MR) is 177 cm³/mol. The van der Waals surface area contributed by atoms with Crippen molar-refractivity contribution in [2.75, 3.05) is 39.9 Å². The molecule has 4 heterocycles. The van der Waals surface area contributed by atoms with E-state index in [4.69, 9.17) is 4.74 Å². The van der Waals surface area contributed by atoms with Crippen LogP contribution in [0, 0.1) is 6.92 Å². The summed E-state index contributed by atoms with van der Waals surface area (Å²) in [6.45, 7) is 8.83. The highest BCUT2D eigenvalue weighted by atomic mass is 16.5. The van der Waals surface area contributed by atoms with Gasteiger partial charge >= 0.3 is 0 Å². The van der Waals surface area contributed by atoms with E-state index in [0.717, 1.165) is 52.0 Å². The molecule has 0 aliphatic carbocycles. The van der Waals surface area contributed by atoms with Gasteiger partial charge in [0.25, 0.3) is 5.91 Å². The Labute approximate surface area is 267 Å². The van der Waals surface area contributed by atoms with Crippen molar-refractivity contribution in [3.05, 3.63) is 88.9 Å². The lowest BCUT2D eigenvalue weighted by atomic mass is 10.1. The van der Waals surface area contributed by atoms with E-state index in [-0.39, 0.29) is 5.91 Å². The van der Waals surface area contributed by atoms with Gasteiger partial charge in [-0.2, -0.15) is 10.1 Å². The van der Waals surface area contributed by atoms with Crippen molar-refractivity contribution in [2.45, 2.75) is 39.6 Å². The summed E-state index contributed by atoms with van der Waals surface area (Å²) in [7, 11) is 5.74. The summed E-state index contributed by atoms with van der Waals surface area (Å²) in [6, 6.07) is 16.0. The van der Waals surface area contributed by atoms with Gasteiger partial charge in [0.2, 0.25) is 11.2 Å². The third-order valence-electron chi connectivity index (χ3n) is 8.75. The number of hydrogen-bond donors (Lipinski definition) is 1. The quantitative estimate of drug-likeness (QED) is 0.253. The van der Waals surface area contributed by atoms with Crippen LogP contribution in [0.3, 0.4) is 0 Å². The van der Waals surface area contributed by atoms with Crippen LogP contribution in [0.25, 0.3) is 22.1 Å². The molecule has 12 heteroatoms.